The number of amides is 1. The van der Waals surface area contributed by atoms with Crippen molar-refractivity contribution in [2.45, 2.75) is 26.3 Å². The Labute approximate surface area is 154 Å². The van der Waals surface area contributed by atoms with Crippen LogP contribution in [-0.4, -0.2) is 16.0 Å². The number of aromatic nitrogens is 2. The standard InChI is InChI=1S/C19H18BrN3O2/c1-12(18-8-7-16(20)10-21-18)23-19(24)9-14-3-5-15(6-4-14)17-11-22-25-13(17)2/h3-8,10-12H,9H2,1-2H3,(H,23,24). The first-order valence-electron chi connectivity index (χ1n) is 7.94. The van der Waals surface area contributed by atoms with Crippen molar-refractivity contribution >= 4 is 21.8 Å². The highest BCUT2D eigenvalue weighted by molar-refractivity contribution is 9.10. The van der Waals surface area contributed by atoms with Gasteiger partial charge >= 0.3 is 0 Å². The van der Waals surface area contributed by atoms with Gasteiger partial charge in [-0.05, 0) is 53.0 Å². The molecule has 25 heavy (non-hydrogen) atoms. The molecular formula is C19H18BrN3O2. The van der Waals surface area contributed by atoms with Crippen LogP contribution in [0.5, 0.6) is 0 Å². The lowest BCUT2D eigenvalue weighted by molar-refractivity contribution is -0.121. The molecule has 1 aromatic carbocycles. The molecule has 6 heteroatoms. The molecule has 128 valence electrons. The third kappa shape index (κ3) is 4.33. The lowest BCUT2D eigenvalue weighted by Crippen LogP contribution is -2.28. The summed E-state index contributed by atoms with van der Waals surface area (Å²) in [6.07, 6.45) is 3.75. The Morgan fingerprint density at radius 3 is 2.56 bits per heavy atom. The molecule has 2 aromatic heterocycles. The zero-order valence-electron chi connectivity index (χ0n) is 14.0. The number of benzene rings is 1. The molecule has 0 saturated heterocycles. The molecule has 1 amide bonds. The van der Waals surface area contributed by atoms with E-state index in [4.69, 9.17) is 4.52 Å². The van der Waals surface area contributed by atoms with Gasteiger partial charge in [0.1, 0.15) is 5.76 Å². The first-order chi connectivity index (χ1) is 12.0. The normalized spacial score (nSPS) is 12.0. The highest BCUT2D eigenvalue weighted by atomic mass is 79.9. The minimum atomic E-state index is -0.139. The van der Waals surface area contributed by atoms with Crippen LogP contribution in [0, 0.1) is 6.92 Å². The summed E-state index contributed by atoms with van der Waals surface area (Å²) >= 11 is 3.35. The number of carbonyl (C=O) groups excluding carboxylic acids is 1. The first kappa shape index (κ1) is 17.4. The van der Waals surface area contributed by atoms with Crippen LogP contribution in [0.2, 0.25) is 0 Å². The molecule has 3 aromatic rings. The highest BCUT2D eigenvalue weighted by Crippen LogP contribution is 2.23. The number of nitrogens with zero attached hydrogens (tertiary/aromatic N) is 2. The number of nitrogens with one attached hydrogen (secondary N) is 1. The van der Waals surface area contributed by atoms with Gasteiger partial charge in [0, 0.05) is 16.2 Å². The molecule has 2 heterocycles. The number of aryl methyl sites for hydroxylation is 1. The van der Waals surface area contributed by atoms with Crippen molar-refractivity contribution in [2.24, 2.45) is 0 Å². The summed E-state index contributed by atoms with van der Waals surface area (Å²) in [5.41, 5.74) is 3.77. The minimum Gasteiger partial charge on any atom is -0.361 e. The van der Waals surface area contributed by atoms with Gasteiger partial charge in [-0.15, -0.1) is 0 Å². The molecule has 1 N–H and O–H groups in total. The van der Waals surface area contributed by atoms with E-state index in [1.54, 1.807) is 12.4 Å². The molecule has 0 aliphatic heterocycles. The Balaban J connectivity index is 1.61. The van der Waals surface area contributed by atoms with Crippen molar-refractivity contribution in [3.63, 3.8) is 0 Å². The van der Waals surface area contributed by atoms with Crippen molar-refractivity contribution in [3.05, 3.63) is 70.3 Å². The number of pyridine rings is 1. The van der Waals surface area contributed by atoms with Crippen LogP contribution in [-0.2, 0) is 11.2 Å². The molecule has 0 aliphatic carbocycles. The molecule has 0 aliphatic rings. The summed E-state index contributed by atoms with van der Waals surface area (Å²) in [6, 6.07) is 11.5. The average molecular weight is 400 g/mol. The van der Waals surface area contributed by atoms with Crippen LogP contribution >= 0.6 is 15.9 Å². The van der Waals surface area contributed by atoms with Crippen LogP contribution < -0.4 is 5.32 Å². The molecule has 0 spiro atoms. The Kier molecular flexibility index (Phi) is 5.28. The van der Waals surface area contributed by atoms with Crippen LogP contribution in [0.25, 0.3) is 11.1 Å². The molecule has 0 saturated carbocycles. The average Bonchev–Trinajstić information content (AvgIpc) is 3.02. The molecule has 1 atom stereocenters. The van der Waals surface area contributed by atoms with E-state index in [1.807, 2.05) is 50.2 Å². The van der Waals surface area contributed by atoms with E-state index < -0.39 is 0 Å². The van der Waals surface area contributed by atoms with Gasteiger partial charge in [-0.1, -0.05) is 29.4 Å². The van der Waals surface area contributed by atoms with Gasteiger partial charge < -0.3 is 9.84 Å². The number of hydrogen-bond acceptors (Lipinski definition) is 4. The summed E-state index contributed by atoms with van der Waals surface area (Å²) in [6.45, 7) is 3.80. The summed E-state index contributed by atoms with van der Waals surface area (Å²) in [5.74, 6) is 0.743. The molecule has 5 nitrogen and oxygen atoms in total. The SMILES string of the molecule is Cc1oncc1-c1ccc(CC(=O)NC(C)c2ccc(Br)cn2)cc1. The minimum absolute atomic E-state index is 0.0360. The van der Waals surface area contributed by atoms with Crippen molar-refractivity contribution < 1.29 is 9.32 Å². The maximum Gasteiger partial charge on any atom is 0.224 e. The third-order valence-electron chi connectivity index (χ3n) is 3.95. The van der Waals surface area contributed by atoms with Gasteiger partial charge in [0.15, 0.2) is 0 Å². The number of halogens is 1. The van der Waals surface area contributed by atoms with Crippen molar-refractivity contribution in [1.82, 2.24) is 15.5 Å². The van der Waals surface area contributed by atoms with Crippen LogP contribution in [0.1, 0.15) is 30.0 Å². The van der Waals surface area contributed by atoms with E-state index in [2.05, 4.69) is 31.4 Å². The van der Waals surface area contributed by atoms with Gasteiger partial charge in [0.05, 0.1) is 24.4 Å². The summed E-state index contributed by atoms with van der Waals surface area (Å²) in [5, 5.41) is 6.76. The Morgan fingerprint density at radius 2 is 1.96 bits per heavy atom. The van der Waals surface area contributed by atoms with Crippen molar-refractivity contribution in [2.75, 3.05) is 0 Å². The Hall–Kier alpha value is -2.47. The van der Waals surface area contributed by atoms with Gasteiger partial charge in [-0.3, -0.25) is 9.78 Å². The molecular weight excluding hydrogens is 382 g/mol. The molecule has 3 rings (SSSR count). The summed E-state index contributed by atoms with van der Waals surface area (Å²) in [4.78, 5) is 16.6. The van der Waals surface area contributed by atoms with Crippen LogP contribution in [0.15, 0.2) is 57.8 Å². The zero-order valence-corrected chi connectivity index (χ0v) is 15.6. The third-order valence-corrected chi connectivity index (χ3v) is 4.42. The predicted molar refractivity (Wildman–Crippen MR) is 98.9 cm³/mol. The number of rotatable bonds is 5. The topological polar surface area (TPSA) is 68.0 Å². The maximum atomic E-state index is 12.3. The molecule has 0 fully saturated rings. The van der Waals surface area contributed by atoms with E-state index in [1.165, 1.54) is 0 Å². The van der Waals surface area contributed by atoms with E-state index >= 15 is 0 Å². The zero-order chi connectivity index (χ0) is 17.8. The van der Waals surface area contributed by atoms with Gasteiger partial charge in [0.25, 0.3) is 0 Å². The van der Waals surface area contributed by atoms with E-state index in [9.17, 15) is 4.79 Å². The lowest BCUT2D eigenvalue weighted by atomic mass is 10.0. The quantitative estimate of drug-likeness (QED) is 0.696. The van der Waals surface area contributed by atoms with Crippen molar-refractivity contribution in [1.29, 1.82) is 0 Å². The van der Waals surface area contributed by atoms with E-state index in [0.29, 0.717) is 6.42 Å². The fourth-order valence-corrected chi connectivity index (χ4v) is 2.81. The fraction of sp³-hybridized carbons (Fsp3) is 0.211. The van der Waals surface area contributed by atoms with E-state index in [-0.39, 0.29) is 11.9 Å². The molecule has 0 radical (unpaired) electrons. The molecule has 1 unspecified atom stereocenters. The van der Waals surface area contributed by atoms with E-state index in [0.717, 1.165) is 32.6 Å². The largest absolute Gasteiger partial charge is 0.361 e. The Morgan fingerprint density at radius 1 is 1.20 bits per heavy atom. The second kappa shape index (κ2) is 7.61. The van der Waals surface area contributed by atoms with Crippen LogP contribution in [0.3, 0.4) is 0 Å². The monoisotopic (exact) mass is 399 g/mol. The Bertz CT molecular complexity index is 857. The fourth-order valence-electron chi connectivity index (χ4n) is 2.57. The maximum absolute atomic E-state index is 12.3. The predicted octanol–water partition coefficient (Wildman–Crippen LogP) is 4.23. The van der Waals surface area contributed by atoms with Crippen LogP contribution in [0.4, 0.5) is 0 Å². The van der Waals surface area contributed by atoms with Gasteiger partial charge in [-0.25, -0.2) is 0 Å². The smallest absolute Gasteiger partial charge is 0.224 e. The summed E-state index contributed by atoms with van der Waals surface area (Å²) < 4.78 is 6.00. The van der Waals surface area contributed by atoms with Crippen molar-refractivity contribution in [3.8, 4) is 11.1 Å². The second-order valence-electron chi connectivity index (χ2n) is 5.86. The number of hydrogen-bond donors (Lipinski definition) is 1. The van der Waals surface area contributed by atoms with Gasteiger partial charge in [-0.2, -0.15) is 0 Å². The van der Waals surface area contributed by atoms with Gasteiger partial charge in [0.2, 0.25) is 5.91 Å². The molecule has 0 bridgehead atoms. The first-order valence-corrected chi connectivity index (χ1v) is 8.73. The lowest BCUT2D eigenvalue weighted by Gasteiger charge is -2.13. The highest BCUT2D eigenvalue weighted by Gasteiger charge is 2.12. The number of carbonyl (C=O) groups is 1. The second-order valence-corrected chi connectivity index (χ2v) is 6.78. The summed E-state index contributed by atoms with van der Waals surface area (Å²) in [7, 11) is 0.